The molecule has 4 heterocycles. The van der Waals surface area contributed by atoms with Gasteiger partial charge in [-0.25, -0.2) is 9.97 Å². The van der Waals surface area contributed by atoms with Gasteiger partial charge in [-0.15, -0.1) is 10.2 Å². The highest BCUT2D eigenvalue weighted by Gasteiger charge is 2.27. The molecule has 3 aromatic heterocycles. The second-order valence-corrected chi connectivity index (χ2v) is 9.86. The minimum atomic E-state index is -0.373. The lowest BCUT2D eigenvalue weighted by molar-refractivity contribution is 0.0896. The fourth-order valence-corrected chi connectivity index (χ4v) is 4.07. The van der Waals surface area contributed by atoms with E-state index in [1.54, 1.807) is 17.1 Å². The summed E-state index contributed by atoms with van der Waals surface area (Å²) in [6.07, 6.45) is 6.04. The van der Waals surface area contributed by atoms with E-state index in [0.717, 1.165) is 41.0 Å². The first-order valence-corrected chi connectivity index (χ1v) is 11.8. The molecule has 1 amide bonds. The van der Waals surface area contributed by atoms with Gasteiger partial charge in [0, 0.05) is 37.0 Å². The van der Waals surface area contributed by atoms with Crippen LogP contribution in [0.2, 0.25) is 0 Å². The third-order valence-electron chi connectivity index (χ3n) is 5.92. The molecule has 0 saturated heterocycles. The number of carbonyl (C=O) groups is 1. The molecule has 3 N–H and O–H groups in total. The summed E-state index contributed by atoms with van der Waals surface area (Å²) in [6, 6.07) is 7.86. The van der Waals surface area contributed by atoms with Crippen molar-refractivity contribution < 1.29 is 9.21 Å². The molecule has 5 rings (SSSR count). The van der Waals surface area contributed by atoms with Gasteiger partial charge in [-0.3, -0.25) is 9.48 Å². The minimum Gasteiger partial charge on any atom is -0.416 e. The summed E-state index contributed by atoms with van der Waals surface area (Å²) >= 11 is 0. The zero-order chi connectivity index (χ0) is 25.3. The van der Waals surface area contributed by atoms with Crippen LogP contribution < -0.4 is 16.0 Å². The van der Waals surface area contributed by atoms with Crippen molar-refractivity contribution in [2.75, 3.05) is 11.9 Å². The van der Waals surface area contributed by atoms with Crippen LogP contribution in [-0.4, -0.2) is 42.4 Å². The van der Waals surface area contributed by atoms with Crippen LogP contribution in [0.3, 0.4) is 0 Å². The van der Waals surface area contributed by atoms with Crippen molar-refractivity contribution >= 4 is 17.5 Å². The summed E-state index contributed by atoms with van der Waals surface area (Å²) in [4.78, 5) is 21.9. The van der Waals surface area contributed by atoms with E-state index in [-0.39, 0.29) is 23.3 Å². The Hall–Kier alpha value is -4.12. The summed E-state index contributed by atoms with van der Waals surface area (Å²) in [6.45, 7) is 7.34. The van der Waals surface area contributed by atoms with Gasteiger partial charge >= 0.3 is 11.8 Å². The second kappa shape index (κ2) is 9.50. The van der Waals surface area contributed by atoms with Gasteiger partial charge in [-0.05, 0) is 36.2 Å². The van der Waals surface area contributed by atoms with Gasteiger partial charge in [0.15, 0.2) is 0 Å². The first-order valence-electron chi connectivity index (χ1n) is 11.8. The molecule has 0 saturated carbocycles. The Morgan fingerprint density at radius 3 is 2.83 bits per heavy atom. The fraction of sp³-hybridized carbons (Fsp3) is 0.360. The quantitative estimate of drug-likeness (QED) is 0.387. The number of fused-ring (bicyclic) bond motifs is 1. The second-order valence-electron chi connectivity index (χ2n) is 9.86. The number of amides is 1. The van der Waals surface area contributed by atoms with E-state index in [4.69, 9.17) is 4.42 Å². The number of carbonyl (C=O) groups excluding carboxylic acids is 1. The molecule has 0 radical (unpaired) electrons. The normalized spacial score (nSPS) is 15.7. The van der Waals surface area contributed by atoms with Crippen LogP contribution in [0.25, 0.3) is 11.3 Å². The van der Waals surface area contributed by atoms with Crippen molar-refractivity contribution in [3.05, 3.63) is 65.8 Å². The van der Waals surface area contributed by atoms with Gasteiger partial charge in [0.2, 0.25) is 11.8 Å². The highest BCUT2D eigenvalue weighted by molar-refractivity contribution is 5.89. The maximum absolute atomic E-state index is 12.9. The first kappa shape index (κ1) is 23.6. The molecule has 0 bridgehead atoms. The third kappa shape index (κ3) is 5.10. The molecule has 4 aromatic rings. The van der Waals surface area contributed by atoms with E-state index in [9.17, 15) is 4.79 Å². The summed E-state index contributed by atoms with van der Waals surface area (Å²) in [5.41, 5.74) is 4.40. The molecule has 1 aromatic carbocycles. The summed E-state index contributed by atoms with van der Waals surface area (Å²) in [5, 5.41) is 21.8. The van der Waals surface area contributed by atoms with Crippen LogP contribution in [0, 0.1) is 0 Å². The molecule has 36 heavy (non-hydrogen) atoms. The number of aromatic nitrogens is 6. The van der Waals surface area contributed by atoms with Gasteiger partial charge in [0.25, 0.3) is 0 Å². The van der Waals surface area contributed by atoms with Gasteiger partial charge < -0.3 is 20.4 Å². The molecule has 1 aliphatic heterocycles. The van der Waals surface area contributed by atoms with E-state index in [0.29, 0.717) is 18.4 Å². The predicted octanol–water partition coefficient (Wildman–Crippen LogP) is 3.27. The van der Waals surface area contributed by atoms with E-state index in [2.05, 4.69) is 47.3 Å². The van der Waals surface area contributed by atoms with Crippen LogP contribution in [0.1, 0.15) is 60.9 Å². The Morgan fingerprint density at radius 1 is 1.22 bits per heavy atom. The molecule has 0 unspecified atom stereocenters. The Bertz CT molecular complexity index is 1390. The van der Waals surface area contributed by atoms with Crippen molar-refractivity contribution in [3.8, 4) is 11.3 Å². The van der Waals surface area contributed by atoms with Crippen LogP contribution >= 0.6 is 0 Å². The molecule has 11 heteroatoms. The average Bonchev–Trinajstić information content (AvgIpc) is 3.46. The largest absolute Gasteiger partial charge is 0.416 e. The molecule has 0 spiro atoms. The minimum absolute atomic E-state index is 0.0232. The molecular formula is C25H29N9O2. The number of nitrogens with zero attached hydrogens (tertiary/aromatic N) is 6. The lowest BCUT2D eigenvalue weighted by atomic mass is 9.96. The van der Waals surface area contributed by atoms with Crippen molar-refractivity contribution in [2.45, 2.75) is 45.2 Å². The van der Waals surface area contributed by atoms with Crippen LogP contribution in [0.5, 0.6) is 0 Å². The first-order chi connectivity index (χ1) is 17.3. The number of anilines is 2. The monoisotopic (exact) mass is 487 g/mol. The number of hydrogen-bond donors (Lipinski definition) is 3. The number of hydrogen-bond acceptors (Lipinski definition) is 9. The number of benzene rings is 1. The SMILES string of the molecule is Cn1cc(Nc2nccc(-c3ccc4c(c3)CNCC[C@H]4NC(=O)c3nnc(C(C)(C)C)o3)n2)cn1. The van der Waals surface area contributed by atoms with Crippen LogP contribution in [0.15, 0.2) is 47.3 Å². The summed E-state index contributed by atoms with van der Waals surface area (Å²) in [7, 11) is 1.85. The van der Waals surface area contributed by atoms with E-state index >= 15 is 0 Å². The molecule has 11 nitrogen and oxygen atoms in total. The average molecular weight is 488 g/mol. The van der Waals surface area contributed by atoms with Gasteiger partial charge in [-0.1, -0.05) is 32.9 Å². The van der Waals surface area contributed by atoms with Gasteiger partial charge in [0.05, 0.1) is 23.6 Å². The van der Waals surface area contributed by atoms with Crippen molar-refractivity contribution in [1.82, 2.24) is 40.6 Å². The smallest absolute Gasteiger partial charge is 0.309 e. The van der Waals surface area contributed by atoms with Crippen LogP contribution in [-0.2, 0) is 19.0 Å². The highest BCUT2D eigenvalue weighted by atomic mass is 16.4. The van der Waals surface area contributed by atoms with Gasteiger partial charge in [0.1, 0.15) is 0 Å². The maximum Gasteiger partial charge on any atom is 0.309 e. The Kier molecular flexibility index (Phi) is 6.23. The Labute approximate surface area is 208 Å². The zero-order valence-corrected chi connectivity index (χ0v) is 20.7. The van der Waals surface area contributed by atoms with Crippen LogP contribution in [0.4, 0.5) is 11.6 Å². The van der Waals surface area contributed by atoms with Crippen molar-refractivity contribution in [2.24, 2.45) is 7.05 Å². The Balaban J connectivity index is 1.36. The summed E-state index contributed by atoms with van der Waals surface area (Å²) in [5.74, 6) is 0.530. The highest BCUT2D eigenvalue weighted by Crippen LogP contribution is 2.29. The van der Waals surface area contributed by atoms with E-state index < -0.39 is 0 Å². The topological polar surface area (TPSA) is 136 Å². The van der Waals surface area contributed by atoms with E-state index in [1.807, 2.05) is 52.2 Å². The molecule has 0 aliphatic carbocycles. The lowest BCUT2D eigenvalue weighted by Crippen LogP contribution is -2.30. The van der Waals surface area contributed by atoms with Crippen molar-refractivity contribution in [1.29, 1.82) is 0 Å². The van der Waals surface area contributed by atoms with Gasteiger partial charge in [-0.2, -0.15) is 5.10 Å². The fourth-order valence-electron chi connectivity index (χ4n) is 4.07. The molecule has 186 valence electrons. The summed E-state index contributed by atoms with van der Waals surface area (Å²) < 4.78 is 7.34. The zero-order valence-electron chi connectivity index (χ0n) is 20.7. The number of nitrogens with one attached hydrogen (secondary N) is 3. The number of rotatable bonds is 5. The molecule has 1 aliphatic rings. The number of aryl methyl sites for hydroxylation is 1. The molecule has 0 fully saturated rings. The third-order valence-corrected chi connectivity index (χ3v) is 5.92. The molecule has 1 atom stereocenters. The Morgan fingerprint density at radius 2 is 2.08 bits per heavy atom. The van der Waals surface area contributed by atoms with E-state index in [1.165, 1.54) is 0 Å². The maximum atomic E-state index is 12.9. The molecular weight excluding hydrogens is 458 g/mol. The lowest BCUT2D eigenvalue weighted by Gasteiger charge is -2.19. The predicted molar refractivity (Wildman–Crippen MR) is 133 cm³/mol. The standard InChI is InChI=1S/C25H29N9O2/c1-25(2,3)23-33-32-22(36-23)21(35)30-20-7-9-26-12-16-11-15(5-6-18(16)20)19-8-10-27-24(31-19)29-17-13-28-34(4)14-17/h5-6,8,10-11,13-14,20,26H,7,9,12H2,1-4H3,(H,30,35)(H,27,29,31)/t20-/m1/s1. The van der Waals surface area contributed by atoms with Crippen molar-refractivity contribution in [3.63, 3.8) is 0 Å².